The van der Waals surface area contributed by atoms with Gasteiger partial charge in [0.25, 0.3) is 0 Å². The van der Waals surface area contributed by atoms with Crippen molar-refractivity contribution in [3.05, 3.63) is 35.9 Å². The van der Waals surface area contributed by atoms with E-state index in [9.17, 15) is 9.59 Å². The van der Waals surface area contributed by atoms with Crippen molar-refractivity contribution in [1.29, 1.82) is 0 Å². The molecule has 0 radical (unpaired) electrons. The SMILES string of the molecule is COC(=O)CCN(Cc1ccccc1)C(=O)C12CC3CC(CC(C3)C1)C2. The highest BCUT2D eigenvalue weighted by molar-refractivity contribution is 5.84. The monoisotopic (exact) mass is 355 g/mol. The molecule has 0 saturated heterocycles. The summed E-state index contributed by atoms with van der Waals surface area (Å²) in [6, 6.07) is 10.1. The number of methoxy groups -OCH3 is 1. The third-order valence-corrected chi connectivity index (χ3v) is 6.81. The number of hydrogen-bond acceptors (Lipinski definition) is 3. The molecule has 1 amide bonds. The molecule has 4 bridgehead atoms. The Labute approximate surface area is 155 Å². The maximum absolute atomic E-state index is 13.7. The Bertz CT molecular complexity index is 634. The fourth-order valence-electron chi connectivity index (χ4n) is 6.09. The molecule has 5 rings (SSSR count). The molecule has 4 aliphatic carbocycles. The summed E-state index contributed by atoms with van der Waals surface area (Å²) in [4.78, 5) is 27.3. The summed E-state index contributed by atoms with van der Waals surface area (Å²) in [5.41, 5.74) is 0.954. The lowest BCUT2D eigenvalue weighted by Crippen LogP contribution is -2.54. The van der Waals surface area contributed by atoms with Crippen LogP contribution in [0.2, 0.25) is 0 Å². The Kier molecular flexibility index (Phi) is 4.76. The second-order valence-corrected chi connectivity index (χ2v) is 8.74. The van der Waals surface area contributed by atoms with Gasteiger partial charge in [0.2, 0.25) is 5.91 Å². The molecule has 26 heavy (non-hydrogen) atoms. The Morgan fingerprint density at radius 1 is 1.04 bits per heavy atom. The molecule has 0 unspecified atom stereocenters. The van der Waals surface area contributed by atoms with Crippen molar-refractivity contribution in [2.75, 3.05) is 13.7 Å². The highest BCUT2D eigenvalue weighted by atomic mass is 16.5. The van der Waals surface area contributed by atoms with Crippen LogP contribution in [0.4, 0.5) is 0 Å². The van der Waals surface area contributed by atoms with E-state index in [-0.39, 0.29) is 23.7 Å². The zero-order valence-electron chi connectivity index (χ0n) is 15.7. The van der Waals surface area contributed by atoms with E-state index in [1.807, 2.05) is 23.1 Å². The van der Waals surface area contributed by atoms with Crippen LogP contribution in [-0.4, -0.2) is 30.4 Å². The fourth-order valence-corrected chi connectivity index (χ4v) is 6.09. The average molecular weight is 355 g/mol. The number of benzene rings is 1. The third kappa shape index (κ3) is 3.38. The number of carbonyl (C=O) groups excluding carboxylic acids is 2. The molecule has 0 N–H and O–H groups in total. The van der Waals surface area contributed by atoms with Gasteiger partial charge in [0, 0.05) is 13.1 Å². The van der Waals surface area contributed by atoms with E-state index in [0.29, 0.717) is 13.1 Å². The molecule has 4 fully saturated rings. The first kappa shape index (κ1) is 17.6. The topological polar surface area (TPSA) is 46.6 Å². The van der Waals surface area contributed by atoms with E-state index >= 15 is 0 Å². The number of amides is 1. The summed E-state index contributed by atoms with van der Waals surface area (Å²) >= 11 is 0. The Morgan fingerprint density at radius 2 is 1.62 bits per heavy atom. The summed E-state index contributed by atoms with van der Waals surface area (Å²) in [7, 11) is 1.41. The van der Waals surface area contributed by atoms with Crippen LogP contribution in [0.15, 0.2) is 30.3 Å². The number of hydrogen-bond donors (Lipinski definition) is 0. The molecule has 0 heterocycles. The Hall–Kier alpha value is -1.84. The van der Waals surface area contributed by atoms with Crippen LogP contribution in [0.3, 0.4) is 0 Å². The predicted octanol–water partition coefficient (Wildman–Crippen LogP) is 3.79. The molecule has 4 nitrogen and oxygen atoms in total. The molecule has 4 aliphatic rings. The number of nitrogens with zero attached hydrogens (tertiary/aromatic N) is 1. The molecule has 140 valence electrons. The van der Waals surface area contributed by atoms with E-state index in [1.54, 1.807) is 0 Å². The van der Waals surface area contributed by atoms with Gasteiger partial charge in [0.1, 0.15) is 0 Å². The molecule has 0 aromatic heterocycles. The molecular formula is C22H29NO3. The van der Waals surface area contributed by atoms with E-state index in [2.05, 4.69) is 12.1 Å². The minimum atomic E-state index is -0.249. The summed E-state index contributed by atoms with van der Waals surface area (Å²) in [5, 5.41) is 0. The van der Waals surface area contributed by atoms with Crippen molar-refractivity contribution in [3.63, 3.8) is 0 Å². The standard InChI is InChI=1S/C22H29NO3/c1-26-20(24)7-8-23(15-16-5-3-2-4-6-16)21(25)22-12-17-9-18(13-22)11-19(10-17)14-22/h2-6,17-19H,7-15H2,1H3. The van der Waals surface area contributed by atoms with Gasteiger partial charge in [0.15, 0.2) is 0 Å². The fraction of sp³-hybridized carbons (Fsp3) is 0.636. The van der Waals surface area contributed by atoms with Crippen molar-refractivity contribution in [2.24, 2.45) is 23.2 Å². The largest absolute Gasteiger partial charge is 0.469 e. The van der Waals surface area contributed by atoms with E-state index in [1.165, 1.54) is 26.4 Å². The van der Waals surface area contributed by atoms with Crippen molar-refractivity contribution < 1.29 is 14.3 Å². The van der Waals surface area contributed by atoms with Crippen LogP contribution >= 0.6 is 0 Å². The maximum atomic E-state index is 13.7. The van der Waals surface area contributed by atoms with Crippen molar-refractivity contribution in [2.45, 2.75) is 51.5 Å². The molecule has 1 aromatic carbocycles. The van der Waals surface area contributed by atoms with Crippen LogP contribution in [0.1, 0.15) is 50.5 Å². The van der Waals surface area contributed by atoms with Crippen LogP contribution in [-0.2, 0) is 20.9 Å². The first-order valence-corrected chi connectivity index (χ1v) is 9.98. The predicted molar refractivity (Wildman–Crippen MR) is 99.1 cm³/mol. The van der Waals surface area contributed by atoms with Gasteiger partial charge in [-0.1, -0.05) is 30.3 Å². The summed E-state index contributed by atoms with van der Waals surface area (Å²) in [5.74, 6) is 2.25. The first-order valence-electron chi connectivity index (χ1n) is 9.98. The van der Waals surface area contributed by atoms with Gasteiger partial charge in [-0.2, -0.15) is 0 Å². The Balaban J connectivity index is 1.54. The highest BCUT2D eigenvalue weighted by Gasteiger charge is 2.55. The van der Waals surface area contributed by atoms with Crippen LogP contribution in [0.25, 0.3) is 0 Å². The maximum Gasteiger partial charge on any atom is 0.307 e. The van der Waals surface area contributed by atoms with Crippen molar-refractivity contribution in [3.8, 4) is 0 Å². The quantitative estimate of drug-likeness (QED) is 0.729. The van der Waals surface area contributed by atoms with E-state index < -0.39 is 0 Å². The summed E-state index contributed by atoms with van der Waals surface area (Å²) in [6.07, 6.45) is 7.42. The van der Waals surface area contributed by atoms with Crippen LogP contribution < -0.4 is 0 Å². The molecule has 4 heteroatoms. The van der Waals surface area contributed by atoms with Gasteiger partial charge in [-0.15, -0.1) is 0 Å². The highest BCUT2D eigenvalue weighted by Crippen LogP contribution is 2.60. The molecule has 1 aromatic rings. The lowest BCUT2D eigenvalue weighted by molar-refractivity contribution is -0.159. The molecule has 0 atom stereocenters. The van der Waals surface area contributed by atoms with Crippen molar-refractivity contribution in [1.82, 2.24) is 4.90 Å². The number of rotatable bonds is 6. The van der Waals surface area contributed by atoms with Crippen molar-refractivity contribution >= 4 is 11.9 Å². The van der Waals surface area contributed by atoms with Gasteiger partial charge in [-0.3, -0.25) is 9.59 Å². The van der Waals surface area contributed by atoms with Gasteiger partial charge >= 0.3 is 5.97 Å². The second kappa shape index (κ2) is 7.05. The van der Waals surface area contributed by atoms with Gasteiger partial charge in [0.05, 0.1) is 18.9 Å². The summed E-state index contributed by atoms with van der Waals surface area (Å²) < 4.78 is 4.80. The normalized spacial score (nSPS) is 31.7. The Morgan fingerprint density at radius 3 is 2.15 bits per heavy atom. The number of ether oxygens (including phenoxy) is 1. The van der Waals surface area contributed by atoms with Gasteiger partial charge in [-0.05, 0) is 61.8 Å². The molecular weight excluding hydrogens is 326 g/mol. The summed E-state index contributed by atoms with van der Waals surface area (Å²) in [6.45, 7) is 1.03. The zero-order valence-corrected chi connectivity index (χ0v) is 15.7. The smallest absolute Gasteiger partial charge is 0.307 e. The zero-order chi connectivity index (χ0) is 18.1. The second-order valence-electron chi connectivity index (χ2n) is 8.74. The lowest BCUT2D eigenvalue weighted by Gasteiger charge is -2.56. The minimum absolute atomic E-state index is 0.167. The van der Waals surface area contributed by atoms with Gasteiger partial charge in [-0.25, -0.2) is 0 Å². The molecule has 0 aliphatic heterocycles. The number of carbonyl (C=O) groups is 2. The van der Waals surface area contributed by atoms with Crippen LogP contribution in [0.5, 0.6) is 0 Å². The van der Waals surface area contributed by atoms with Crippen LogP contribution in [0, 0.1) is 23.2 Å². The van der Waals surface area contributed by atoms with E-state index in [0.717, 1.165) is 42.6 Å². The first-order chi connectivity index (χ1) is 12.6. The third-order valence-electron chi connectivity index (χ3n) is 6.81. The number of esters is 1. The molecule has 4 saturated carbocycles. The minimum Gasteiger partial charge on any atom is -0.469 e. The van der Waals surface area contributed by atoms with Gasteiger partial charge < -0.3 is 9.64 Å². The lowest BCUT2D eigenvalue weighted by atomic mass is 9.49. The average Bonchev–Trinajstić information content (AvgIpc) is 2.64. The molecule has 0 spiro atoms. The van der Waals surface area contributed by atoms with E-state index in [4.69, 9.17) is 4.74 Å².